The average molecular weight is 422 g/mol. The monoisotopic (exact) mass is 422 g/mol. The topological polar surface area (TPSA) is 95.1 Å². The molecule has 0 fully saturated rings. The molecule has 1 aliphatic rings. The minimum atomic E-state index is -3.02. The average Bonchev–Trinajstić information content (AvgIpc) is 2.75. The number of alkyl halides is 2. The molecule has 30 heavy (non-hydrogen) atoms. The summed E-state index contributed by atoms with van der Waals surface area (Å²) in [6.07, 6.45) is -0.355. The largest absolute Gasteiger partial charge is 0.493 e. The molecule has 0 bridgehead atoms. The first-order valence-corrected chi connectivity index (χ1v) is 9.02. The van der Waals surface area contributed by atoms with Crippen molar-refractivity contribution < 1.29 is 37.3 Å². The maximum Gasteiger partial charge on any atom is 0.387 e. The van der Waals surface area contributed by atoms with Gasteiger partial charge in [-0.3, -0.25) is 9.59 Å². The number of benzene rings is 2. The molecule has 0 radical (unpaired) electrons. The standard InChI is InChI=1S/C20H20F2N2O6/c1-27-17-8-12(6-7-16(17)30-20(21)22)19(26)24-10-18(25)23-9-13-11-28-14-4-2-3-5-15(14)29-13/h2-8,13,20H,9-11H2,1H3,(H,23,25)(H,24,26). The molecular weight excluding hydrogens is 402 g/mol. The second-order valence-electron chi connectivity index (χ2n) is 6.23. The molecule has 0 aromatic heterocycles. The van der Waals surface area contributed by atoms with Crippen molar-refractivity contribution in [1.82, 2.24) is 10.6 Å². The van der Waals surface area contributed by atoms with Gasteiger partial charge < -0.3 is 29.6 Å². The molecule has 8 nitrogen and oxygen atoms in total. The number of hydrogen-bond donors (Lipinski definition) is 2. The summed E-state index contributed by atoms with van der Waals surface area (Å²) in [6, 6.07) is 10.9. The highest BCUT2D eigenvalue weighted by molar-refractivity contribution is 5.97. The second kappa shape index (κ2) is 9.77. The van der Waals surface area contributed by atoms with E-state index < -0.39 is 18.4 Å². The molecule has 2 aromatic rings. The smallest absolute Gasteiger partial charge is 0.387 e. The Labute approximate surface area is 171 Å². The third kappa shape index (κ3) is 5.49. The molecule has 10 heteroatoms. The Balaban J connectivity index is 1.46. The number of carbonyl (C=O) groups excluding carboxylic acids is 2. The molecule has 0 saturated carbocycles. The molecule has 0 aliphatic carbocycles. The SMILES string of the molecule is COc1cc(C(=O)NCC(=O)NCC2COc3ccccc3O2)ccc1OC(F)F. The van der Waals surface area contributed by atoms with Crippen LogP contribution >= 0.6 is 0 Å². The van der Waals surface area contributed by atoms with E-state index >= 15 is 0 Å². The van der Waals surface area contributed by atoms with Gasteiger partial charge in [0.1, 0.15) is 12.7 Å². The van der Waals surface area contributed by atoms with Gasteiger partial charge in [0.05, 0.1) is 20.2 Å². The number of ether oxygens (including phenoxy) is 4. The summed E-state index contributed by atoms with van der Waals surface area (Å²) in [6.45, 7) is -2.80. The molecule has 1 aliphatic heterocycles. The Hall–Kier alpha value is -3.56. The van der Waals surface area contributed by atoms with Gasteiger partial charge >= 0.3 is 6.61 Å². The van der Waals surface area contributed by atoms with Crippen LogP contribution in [-0.4, -0.2) is 51.3 Å². The summed E-state index contributed by atoms with van der Waals surface area (Å²) in [4.78, 5) is 24.2. The number of fused-ring (bicyclic) bond motifs is 1. The van der Waals surface area contributed by atoms with Crippen LogP contribution < -0.4 is 29.6 Å². The van der Waals surface area contributed by atoms with E-state index in [-0.39, 0.29) is 42.9 Å². The van der Waals surface area contributed by atoms with Gasteiger partial charge in [0.25, 0.3) is 5.91 Å². The van der Waals surface area contributed by atoms with E-state index in [1.165, 1.54) is 25.3 Å². The predicted molar refractivity (Wildman–Crippen MR) is 101 cm³/mol. The van der Waals surface area contributed by atoms with Crippen molar-refractivity contribution in [2.24, 2.45) is 0 Å². The Kier molecular flexibility index (Phi) is 6.89. The maximum absolute atomic E-state index is 12.4. The number of nitrogens with one attached hydrogen (secondary N) is 2. The number of para-hydroxylation sites is 2. The van der Waals surface area contributed by atoms with Gasteiger partial charge in [0.15, 0.2) is 23.0 Å². The van der Waals surface area contributed by atoms with Crippen LogP contribution in [0.25, 0.3) is 0 Å². The zero-order chi connectivity index (χ0) is 21.5. The molecule has 2 amide bonds. The van der Waals surface area contributed by atoms with Crippen molar-refractivity contribution in [1.29, 1.82) is 0 Å². The van der Waals surface area contributed by atoms with Gasteiger partial charge in [0.2, 0.25) is 5.91 Å². The number of methoxy groups -OCH3 is 1. The molecule has 2 N–H and O–H groups in total. The Morgan fingerprint density at radius 1 is 1.13 bits per heavy atom. The minimum Gasteiger partial charge on any atom is -0.493 e. The van der Waals surface area contributed by atoms with Gasteiger partial charge in [-0.25, -0.2) is 0 Å². The van der Waals surface area contributed by atoms with Gasteiger partial charge in [-0.1, -0.05) is 12.1 Å². The zero-order valence-electron chi connectivity index (χ0n) is 16.0. The summed E-state index contributed by atoms with van der Waals surface area (Å²) in [5.74, 6) is 0.0334. The molecule has 3 rings (SSSR count). The van der Waals surface area contributed by atoms with E-state index in [0.29, 0.717) is 11.5 Å². The zero-order valence-corrected chi connectivity index (χ0v) is 16.0. The molecule has 1 atom stereocenters. The fourth-order valence-corrected chi connectivity index (χ4v) is 2.72. The van der Waals surface area contributed by atoms with E-state index in [1.54, 1.807) is 12.1 Å². The second-order valence-corrected chi connectivity index (χ2v) is 6.23. The summed E-state index contributed by atoms with van der Waals surface area (Å²) < 4.78 is 45.3. The van der Waals surface area contributed by atoms with Gasteiger partial charge in [0, 0.05) is 5.56 Å². The third-order valence-electron chi connectivity index (χ3n) is 4.15. The first-order valence-electron chi connectivity index (χ1n) is 9.02. The Morgan fingerprint density at radius 2 is 1.90 bits per heavy atom. The van der Waals surface area contributed by atoms with Gasteiger partial charge in [-0.2, -0.15) is 8.78 Å². The van der Waals surface area contributed by atoms with Crippen molar-refractivity contribution in [2.45, 2.75) is 12.7 Å². The summed E-state index contributed by atoms with van der Waals surface area (Å²) >= 11 is 0. The third-order valence-corrected chi connectivity index (χ3v) is 4.15. The Morgan fingerprint density at radius 3 is 2.63 bits per heavy atom. The fraction of sp³-hybridized carbons (Fsp3) is 0.300. The van der Waals surface area contributed by atoms with Crippen LogP contribution in [0.3, 0.4) is 0 Å². The lowest BCUT2D eigenvalue weighted by Gasteiger charge is -2.26. The number of hydrogen-bond acceptors (Lipinski definition) is 6. The molecule has 2 aromatic carbocycles. The molecule has 160 valence electrons. The van der Waals surface area contributed by atoms with Crippen molar-refractivity contribution in [3.63, 3.8) is 0 Å². The number of carbonyl (C=O) groups is 2. The summed E-state index contributed by atoms with van der Waals surface area (Å²) in [5, 5.41) is 5.10. The van der Waals surface area contributed by atoms with Crippen LogP contribution in [0.4, 0.5) is 8.78 Å². The highest BCUT2D eigenvalue weighted by atomic mass is 19.3. The first-order chi connectivity index (χ1) is 14.5. The van der Waals surface area contributed by atoms with Crippen LogP contribution in [-0.2, 0) is 4.79 Å². The quantitative estimate of drug-likeness (QED) is 0.676. The maximum atomic E-state index is 12.4. The Bertz CT molecular complexity index is 909. The minimum absolute atomic E-state index is 0.0258. The van der Waals surface area contributed by atoms with Crippen LogP contribution in [0.5, 0.6) is 23.0 Å². The predicted octanol–water partition coefficient (Wildman–Crippen LogP) is 1.98. The van der Waals surface area contributed by atoms with Crippen molar-refractivity contribution in [3.05, 3.63) is 48.0 Å². The van der Waals surface area contributed by atoms with Crippen LogP contribution in [0.15, 0.2) is 42.5 Å². The lowest BCUT2D eigenvalue weighted by molar-refractivity contribution is -0.120. The van der Waals surface area contributed by atoms with Crippen LogP contribution in [0.1, 0.15) is 10.4 Å². The summed E-state index contributed by atoms with van der Waals surface area (Å²) in [5.41, 5.74) is 0.127. The summed E-state index contributed by atoms with van der Waals surface area (Å²) in [7, 11) is 1.26. The lowest BCUT2D eigenvalue weighted by Crippen LogP contribution is -2.44. The normalized spacial score (nSPS) is 14.7. The number of amides is 2. The fourth-order valence-electron chi connectivity index (χ4n) is 2.72. The molecule has 0 saturated heterocycles. The van der Waals surface area contributed by atoms with E-state index in [9.17, 15) is 18.4 Å². The van der Waals surface area contributed by atoms with Crippen LogP contribution in [0, 0.1) is 0 Å². The van der Waals surface area contributed by atoms with Crippen molar-refractivity contribution in [3.8, 4) is 23.0 Å². The van der Waals surface area contributed by atoms with E-state index in [0.717, 1.165) is 0 Å². The van der Waals surface area contributed by atoms with Gasteiger partial charge in [-0.15, -0.1) is 0 Å². The molecular formula is C20H20F2N2O6. The number of halogens is 2. The van der Waals surface area contributed by atoms with E-state index in [2.05, 4.69) is 15.4 Å². The van der Waals surface area contributed by atoms with E-state index in [1.807, 2.05) is 12.1 Å². The molecule has 1 unspecified atom stereocenters. The highest BCUT2D eigenvalue weighted by Crippen LogP contribution is 2.31. The van der Waals surface area contributed by atoms with Crippen molar-refractivity contribution >= 4 is 11.8 Å². The van der Waals surface area contributed by atoms with E-state index in [4.69, 9.17) is 14.2 Å². The first kappa shape index (κ1) is 21.2. The van der Waals surface area contributed by atoms with Gasteiger partial charge in [-0.05, 0) is 30.3 Å². The molecule has 1 heterocycles. The lowest BCUT2D eigenvalue weighted by atomic mass is 10.2. The molecule has 0 spiro atoms. The van der Waals surface area contributed by atoms with Crippen LogP contribution in [0.2, 0.25) is 0 Å². The number of rotatable bonds is 8. The highest BCUT2D eigenvalue weighted by Gasteiger charge is 2.21. The van der Waals surface area contributed by atoms with Crippen molar-refractivity contribution in [2.75, 3.05) is 26.8 Å².